The lowest BCUT2D eigenvalue weighted by Gasteiger charge is -2.10. The van der Waals surface area contributed by atoms with Crippen LogP contribution in [0.2, 0.25) is 0 Å². The zero-order valence-corrected chi connectivity index (χ0v) is 9.92. The highest BCUT2D eigenvalue weighted by Crippen LogP contribution is 2.09. The van der Waals surface area contributed by atoms with Crippen molar-refractivity contribution in [2.45, 2.75) is 33.1 Å². The van der Waals surface area contributed by atoms with Crippen LogP contribution in [0, 0.1) is 0 Å². The van der Waals surface area contributed by atoms with Crippen LogP contribution in [0.25, 0.3) is 0 Å². The Balaban J connectivity index is 3.05. The van der Waals surface area contributed by atoms with Gasteiger partial charge >= 0.3 is 0 Å². The normalized spacial score (nSPS) is 11.3. The molecule has 0 bridgehead atoms. The van der Waals surface area contributed by atoms with Gasteiger partial charge in [-0.2, -0.15) is 0 Å². The van der Waals surface area contributed by atoms with Crippen molar-refractivity contribution >= 4 is 14.9 Å². The molecule has 0 spiro atoms. The predicted molar refractivity (Wildman–Crippen MR) is 60.2 cm³/mol. The van der Waals surface area contributed by atoms with Crippen molar-refractivity contribution in [3.8, 4) is 0 Å². The molecular formula is C11H18OSi. The molecule has 0 saturated carbocycles. The molecule has 0 aromatic heterocycles. The minimum absolute atomic E-state index is 0.989. The molecule has 1 aromatic carbocycles. The molecule has 0 aliphatic carbocycles. The van der Waals surface area contributed by atoms with E-state index in [2.05, 4.69) is 32.0 Å². The van der Waals surface area contributed by atoms with Crippen LogP contribution in [-0.4, -0.2) is 14.6 Å². The van der Waals surface area contributed by atoms with Crippen molar-refractivity contribution in [2.75, 3.05) is 0 Å². The zero-order chi connectivity index (χ0) is 9.68. The highest BCUT2D eigenvalue weighted by Gasteiger charge is 2.04. The highest BCUT2D eigenvalue weighted by molar-refractivity contribution is 6.46. The summed E-state index contributed by atoms with van der Waals surface area (Å²) in [5, 5.41) is 1.24. The summed E-state index contributed by atoms with van der Waals surface area (Å²) in [6, 6.07) is 6.32. The summed E-state index contributed by atoms with van der Waals surface area (Å²) in [4.78, 5) is 9.30. The van der Waals surface area contributed by atoms with Gasteiger partial charge in [-0.25, -0.2) is 0 Å². The molecular weight excluding hydrogens is 176 g/mol. The number of rotatable bonds is 4. The quantitative estimate of drug-likeness (QED) is 0.706. The first-order chi connectivity index (χ1) is 6.33. The third kappa shape index (κ3) is 2.42. The van der Waals surface area contributed by atoms with Gasteiger partial charge in [-0.05, 0) is 29.2 Å². The van der Waals surface area contributed by atoms with E-state index in [1.807, 2.05) is 0 Å². The highest BCUT2D eigenvalue weighted by atomic mass is 28.2. The Bertz CT molecular complexity index is 249. The zero-order valence-electron chi connectivity index (χ0n) is 8.51. The molecule has 0 aliphatic rings. The van der Waals surface area contributed by atoms with Gasteiger partial charge in [0, 0.05) is 0 Å². The van der Waals surface area contributed by atoms with Crippen molar-refractivity contribution in [2.24, 2.45) is 0 Å². The third-order valence-electron chi connectivity index (χ3n) is 2.42. The van der Waals surface area contributed by atoms with Crippen molar-refractivity contribution < 1.29 is 4.80 Å². The maximum absolute atomic E-state index is 9.30. The van der Waals surface area contributed by atoms with Crippen LogP contribution in [0.4, 0.5) is 0 Å². The molecule has 1 rings (SSSR count). The van der Waals surface area contributed by atoms with Gasteiger partial charge in [0.25, 0.3) is 0 Å². The summed E-state index contributed by atoms with van der Waals surface area (Å²) < 4.78 is 0. The standard InChI is InChI=1S/C11H18OSi/c1-3-6-10-9(4-2)7-5-8-11(10)13-12/h5,7-8,12H,3-4,6,13H2,1-2H3. The van der Waals surface area contributed by atoms with Gasteiger partial charge in [-0.3, -0.25) is 0 Å². The summed E-state index contributed by atoms with van der Waals surface area (Å²) in [6.45, 7) is 4.37. The predicted octanol–water partition coefficient (Wildman–Crippen LogP) is 0.903. The fourth-order valence-electron chi connectivity index (χ4n) is 1.74. The molecule has 0 atom stereocenters. The SMILES string of the molecule is CCCc1c(CC)cccc1[SiH2]O. The van der Waals surface area contributed by atoms with Crippen LogP contribution in [0.5, 0.6) is 0 Å². The second-order valence-electron chi connectivity index (χ2n) is 3.32. The lowest BCUT2D eigenvalue weighted by molar-refractivity contribution is 0.614. The Hall–Kier alpha value is -0.603. The maximum Gasteiger partial charge on any atom is 0.188 e. The van der Waals surface area contributed by atoms with Crippen LogP contribution in [0.1, 0.15) is 31.4 Å². The van der Waals surface area contributed by atoms with Crippen LogP contribution >= 0.6 is 0 Å². The van der Waals surface area contributed by atoms with E-state index in [-0.39, 0.29) is 0 Å². The molecule has 0 saturated heterocycles. The molecule has 0 aliphatic heterocycles. The Kier molecular flexibility index (Phi) is 4.19. The average molecular weight is 194 g/mol. The lowest BCUT2D eigenvalue weighted by atomic mass is 10.0. The number of hydrogen-bond donors (Lipinski definition) is 1. The molecule has 0 heterocycles. The Morgan fingerprint density at radius 2 is 2.08 bits per heavy atom. The summed E-state index contributed by atoms with van der Waals surface area (Å²) in [5.74, 6) is 0. The van der Waals surface area contributed by atoms with Crippen LogP contribution in [0.15, 0.2) is 18.2 Å². The second-order valence-corrected chi connectivity index (χ2v) is 4.39. The average Bonchev–Trinajstić information content (AvgIpc) is 2.18. The number of benzene rings is 1. The molecule has 72 valence electrons. The molecule has 1 nitrogen and oxygen atoms in total. The number of aryl methyl sites for hydroxylation is 1. The number of hydrogen-bond acceptors (Lipinski definition) is 1. The van der Waals surface area contributed by atoms with Gasteiger partial charge in [0.05, 0.1) is 0 Å². The summed E-state index contributed by atoms with van der Waals surface area (Å²) in [7, 11) is -0.989. The third-order valence-corrected chi connectivity index (χ3v) is 3.42. The van der Waals surface area contributed by atoms with E-state index in [4.69, 9.17) is 0 Å². The topological polar surface area (TPSA) is 20.2 Å². The maximum atomic E-state index is 9.30. The van der Waals surface area contributed by atoms with Crippen molar-refractivity contribution in [1.29, 1.82) is 0 Å². The van der Waals surface area contributed by atoms with E-state index in [1.54, 1.807) is 0 Å². The monoisotopic (exact) mass is 194 g/mol. The largest absolute Gasteiger partial charge is 0.433 e. The van der Waals surface area contributed by atoms with E-state index in [9.17, 15) is 4.80 Å². The van der Waals surface area contributed by atoms with E-state index >= 15 is 0 Å². The molecule has 13 heavy (non-hydrogen) atoms. The molecule has 1 aromatic rings. The van der Waals surface area contributed by atoms with Crippen LogP contribution in [-0.2, 0) is 12.8 Å². The molecule has 0 unspecified atom stereocenters. The summed E-state index contributed by atoms with van der Waals surface area (Å²) in [5.41, 5.74) is 2.84. The van der Waals surface area contributed by atoms with E-state index in [1.165, 1.54) is 22.7 Å². The smallest absolute Gasteiger partial charge is 0.188 e. The minimum atomic E-state index is -0.989. The van der Waals surface area contributed by atoms with Gasteiger partial charge in [-0.1, -0.05) is 38.5 Å². The van der Waals surface area contributed by atoms with Gasteiger partial charge in [0.15, 0.2) is 9.76 Å². The summed E-state index contributed by atoms with van der Waals surface area (Å²) >= 11 is 0. The fourth-order valence-corrected chi connectivity index (χ4v) is 2.57. The lowest BCUT2D eigenvalue weighted by Crippen LogP contribution is -2.20. The van der Waals surface area contributed by atoms with Crippen LogP contribution < -0.4 is 5.19 Å². The summed E-state index contributed by atoms with van der Waals surface area (Å²) in [6.07, 6.45) is 3.36. The first-order valence-corrected chi connectivity index (χ1v) is 6.37. The Labute approximate surface area is 82.7 Å². The van der Waals surface area contributed by atoms with Crippen LogP contribution in [0.3, 0.4) is 0 Å². The van der Waals surface area contributed by atoms with Crippen molar-refractivity contribution in [3.05, 3.63) is 29.3 Å². The van der Waals surface area contributed by atoms with Gasteiger partial charge in [0.2, 0.25) is 0 Å². The van der Waals surface area contributed by atoms with E-state index < -0.39 is 9.76 Å². The molecule has 1 N–H and O–H groups in total. The first-order valence-electron chi connectivity index (χ1n) is 5.04. The second kappa shape index (κ2) is 5.20. The van der Waals surface area contributed by atoms with E-state index in [0.717, 1.165) is 12.8 Å². The van der Waals surface area contributed by atoms with Gasteiger partial charge in [-0.15, -0.1) is 0 Å². The van der Waals surface area contributed by atoms with E-state index in [0.29, 0.717) is 0 Å². The molecule has 2 heteroatoms. The minimum Gasteiger partial charge on any atom is -0.433 e. The van der Waals surface area contributed by atoms with Crippen molar-refractivity contribution in [1.82, 2.24) is 0 Å². The van der Waals surface area contributed by atoms with Crippen molar-refractivity contribution in [3.63, 3.8) is 0 Å². The Morgan fingerprint density at radius 3 is 2.62 bits per heavy atom. The fraction of sp³-hybridized carbons (Fsp3) is 0.455. The molecule has 0 radical (unpaired) electrons. The first kappa shape index (κ1) is 10.5. The molecule has 0 fully saturated rings. The molecule has 0 amide bonds. The Morgan fingerprint density at radius 1 is 1.31 bits per heavy atom. The van der Waals surface area contributed by atoms with Gasteiger partial charge in [0.1, 0.15) is 0 Å². The van der Waals surface area contributed by atoms with Gasteiger partial charge < -0.3 is 4.80 Å².